The first-order chi connectivity index (χ1) is 68.4. The molecule has 0 N–H and O–H groups in total. The van der Waals surface area contributed by atoms with Crippen LogP contribution in [0.15, 0.2) is 510 Å². The average Bonchev–Trinajstić information content (AvgIpc) is 1.58. The number of rotatable bonds is 14. The van der Waals surface area contributed by atoms with Crippen LogP contribution in [0, 0.1) is 0 Å². The van der Waals surface area contributed by atoms with E-state index >= 15 is 0 Å². The minimum absolute atomic E-state index is 1.13. The van der Waals surface area contributed by atoms with E-state index in [1.54, 1.807) is 0 Å². The number of nitrogens with zero attached hydrogens (tertiary/aromatic N) is 4. The van der Waals surface area contributed by atoms with Crippen molar-refractivity contribution in [2.24, 2.45) is 0 Å². The second-order valence-corrected chi connectivity index (χ2v) is 38.3. The molecule has 138 heavy (non-hydrogen) atoms. The fourth-order valence-corrected chi connectivity index (χ4v) is 23.9. The van der Waals surface area contributed by atoms with Crippen LogP contribution >= 0.6 is 22.7 Å². The molecule has 28 rings (SSSR count). The first-order valence-electron chi connectivity index (χ1n) is 47.3. The zero-order chi connectivity index (χ0) is 90.8. The third-order valence-corrected chi connectivity index (χ3v) is 30.5. The molecule has 0 fully saturated rings. The lowest BCUT2D eigenvalue weighted by atomic mass is 9.93. The molecule has 0 saturated heterocycles. The number of para-hydroxylation sites is 2. The van der Waals surface area contributed by atoms with Crippen molar-refractivity contribution in [3.8, 4) is 134 Å². The molecule has 22 aromatic carbocycles. The van der Waals surface area contributed by atoms with Gasteiger partial charge in [-0.05, 0) is 293 Å². The van der Waals surface area contributed by atoms with E-state index in [0.717, 1.165) is 11.4 Å². The summed E-state index contributed by atoms with van der Waals surface area (Å²) in [6, 6.07) is 188. The zero-order valence-corrected chi connectivity index (χ0v) is 76.7. The fraction of sp³-hybridized carbons (Fsp3) is 0. The normalized spacial score (nSPS) is 11.8. The lowest BCUT2D eigenvalue weighted by molar-refractivity contribution is 1.18. The quantitative estimate of drug-likeness (QED) is 0.103. The van der Waals surface area contributed by atoms with Crippen LogP contribution in [0.4, 0.5) is 0 Å². The van der Waals surface area contributed by atoms with E-state index in [1.807, 2.05) is 22.7 Å². The summed E-state index contributed by atoms with van der Waals surface area (Å²) in [5, 5.41) is 15.1. The summed E-state index contributed by atoms with van der Waals surface area (Å²) < 4.78 is 15.1. The van der Waals surface area contributed by atoms with Gasteiger partial charge in [0.1, 0.15) is 0 Å². The van der Waals surface area contributed by atoms with Crippen molar-refractivity contribution in [2.45, 2.75) is 0 Å². The maximum Gasteiger partial charge on any atom is 0.0640 e. The number of fused-ring (bicyclic) bond motifs is 18. The smallest absolute Gasteiger partial charge is 0.0640 e. The summed E-state index contributed by atoms with van der Waals surface area (Å²) in [6.45, 7) is 0. The molecule has 0 spiro atoms. The Labute approximate surface area is 805 Å². The molecule has 6 heteroatoms. The molecule has 0 unspecified atom stereocenters. The van der Waals surface area contributed by atoms with Gasteiger partial charge in [-0.2, -0.15) is 0 Å². The number of hydrogen-bond donors (Lipinski definition) is 0. The number of thiophene rings is 2. The maximum atomic E-state index is 2.47. The highest BCUT2D eigenvalue weighted by Crippen LogP contribution is 2.48. The topological polar surface area (TPSA) is 19.7 Å². The molecule has 0 amide bonds. The van der Waals surface area contributed by atoms with E-state index in [1.165, 1.54) is 250 Å². The lowest BCUT2D eigenvalue weighted by Gasteiger charge is -2.14. The Morgan fingerprint density at radius 1 is 0.116 bits per heavy atom. The first-order valence-corrected chi connectivity index (χ1v) is 48.9. The first kappa shape index (κ1) is 80.2. The van der Waals surface area contributed by atoms with E-state index in [2.05, 4.69) is 528 Å². The van der Waals surface area contributed by atoms with Gasteiger partial charge >= 0.3 is 0 Å². The van der Waals surface area contributed by atoms with Gasteiger partial charge in [-0.25, -0.2) is 0 Å². The molecule has 0 atom stereocenters. The van der Waals surface area contributed by atoms with Crippen molar-refractivity contribution in [2.75, 3.05) is 0 Å². The summed E-state index contributed by atoms with van der Waals surface area (Å²) in [5.74, 6) is 0. The standard InChI is InChI=1S/2C66H42N2S/c1-4-16-43(17-5-1)47-30-33-61-58(40-47)59-42-49(48-32-35-63-57(41-48)54-24-10-12-27-60(54)68(63)64-28-15-26-56-55-25-11-13-29-65(55)69-66(56)64)31-34-62(59)67(61)53-23-14-22-46(39-53)52-37-50(44-18-6-2-7-19-44)36-51(38-52)45-20-8-3-9-21-45;1-4-15-43(16-5-1)47-27-31-63-58(39-47)59-41-49(48-28-32-62-57(40-48)55-23-10-12-25-61(55)68(62)54-30-34-66-60(42-54)56-24-11-13-26-65(56)69-66)29-33-64(59)67(63)53-22-14-21-46(38-53)52-36-50(44-17-6-2-7-18-44)35-51(37-52)45-19-8-3-9-20-45/h2*1-42H. The van der Waals surface area contributed by atoms with Gasteiger partial charge in [0.2, 0.25) is 0 Å². The minimum atomic E-state index is 1.13. The van der Waals surface area contributed by atoms with Crippen LogP contribution in [-0.2, 0) is 0 Å². The predicted octanol–water partition coefficient (Wildman–Crippen LogP) is 37.2. The summed E-state index contributed by atoms with van der Waals surface area (Å²) in [6.07, 6.45) is 0. The van der Waals surface area contributed by atoms with E-state index in [-0.39, 0.29) is 0 Å². The predicted molar refractivity (Wildman–Crippen MR) is 590 cm³/mol. The second kappa shape index (κ2) is 33.3. The zero-order valence-electron chi connectivity index (χ0n) is 75.1. The van der Waals surface area contributed by atoms with Crippen LogP contribution < -0.4 is 0 Å². The highest BCUT2D eigenvalue weighted by molar-refractivity contribution is 7.26. The third-order valence-electron chi connectivity index (χ3n) is 28.2. The van der Waals surface area contributed by atoms with Crippen LogP contribution in [-0.4, -0.2) is 18.3 Å². The largest absolute Gasteiger partial charge is 0.309 e. The monoisotopic (exact) mass is 1790 g/mol. The summed E-state index contributed by atoms with van der Waals surface area (Å²) in [4.78, 5) is 0. The maximum absolute atomic E-state index is 2.47. The molecule has 0 aliphatic heterocycles. The van der Waals surface area contributed by atoms with E-state index in [9.17, 15) is 0 Å². The summed E-state index contributed by atoms with van der Waals surface area (Å²) >= 11 is 3.74. The van der Waals surface area contributed by atoms with Crippen molar-refractivity contribution in [3.63, 3.8) is 0 Å². The van der Waals surface area contributed by atoms with Gasteiger partial charge in [0.15, 0.2) is 0 Å². The Morgan fingerprint density at radius 3 is 0.746 bits per heavy atom. The SMILES string of the molecule is c1ccc(-c2cc(-c3ccccc3)cc(-c3cccc(-n4c5ccc(-c6ccccc6)cc5c5cc(-c6ccc7c(c6)c6ccccc6n7-c6ccc7sc8ccccc8c7c6)ccc54)c3)c2)cc1.c1ccc(-c2cc(-c3ccccc3)cc(-c3cccc(-n4c5ccc(-c6ccccc6)cc5c5cc(-c6ccc7c(c6)c6ccccc6n7-c6cccc7c6sc6ccccc67)ccc54)c3)c2)cc1. The van der Waals surface area contributed by atoms with Crippen LogP contribution in [0.1, 0.15) is 0 Å². The average molecular weight is 1790 g/mol. The third kappa shape index (κ3) is 13.9. The van der Waals surface area contributed by atoms with Crippen LogP contribution in [0.3, 0.4) is 0 Å². The molecule has 28 aromatic rings. The Kier molecular flexibility index (Phi) is 19.3. The summed E-state index contributed by atoms with van der Waals surface area (Å²) in [5.41, 5.74) is 38.1. The Hall–Kier alpha value is -17.5. The molecular weight excluding hydrogens is 1710 g/mol. The highest BCUT2D eigenvalue weighted by atomic mass is 32.1. The summed E-state index contributed by atoms with van der Waals surface area (Å²) in [7, 11) is 0. The molecule has 0 bridgehead atoms. The minimum Gasteiger partial charge on any atom is -0.309 e. The van der Waals surface area contributed by atoms with Gasteiger partial charge < -0.3 is 18.3 Å². The number of hydrogen-bond acceptors (Lipinski definition) is 2. The number of aromatic nitrogens is 4. The van der Waals surface area contributed by atoms with Crippen molar-refractivity contribution >= 4 is 150 Å². The van der Waals surface area contributed by atoms with Crippen LogP contribution in [0.5, 0.6) is 0 Å². The van der Waals surface area contributed by atoms with Gasteiger partial charge in [-0.3, -0.25) is 0 Å². The Balaban J connectivity index is 0.000000139. The van der Waals surface area contributed by atoms with Gasteiger partial charge in [0.05, 0.1) is 54.5 Å². The Bertz CT molecular complexity index is 9570. The van der Waals surface area contributed by atoms with Crippen LogP contribution in [0.25, 0.3) is 262 Å². The van der Waals surface area contributed by atoms with E-state index < -0.39 is 0 Å². The molecule has 0 aliphatic carbocycles. The fourth-order valence-electron chi connectivity index (χ4n) is 21.6. The molecule has 0 radical (unpaired) electrons. The van der Waals surface area contributed by atoms with E-state index in [0.29, 0.717) is 0 Å². The number of benzene rings is 22. The van der Waals surface area contributed by atoms with Crippen molar-refractivity contribution in [1.82, 2.24) is 18.3 Å². The van der Waals surface area contributed by atoms with E-state index in [4.69, 9.17) is 0 Å². The van der Waals surface area contributed by atoms with Crippen molar-refractivity contribution in [3.05, 3.63) is 510 Å². The molecule has 6 aromatic heterocycles. The van der Waals surface area contributed by atoms with Gasteiger partial charge in [0, 0.05) is 95.8 Å². The molecule has 644 valence electrons. The van der Waals surface area contributed by atoms with Gasteiger partial charge in [-0.15, -0.1) is 22.7 Å². The molecule has 0 saturated carbocycles. The molecule has 6 heterocycles. The molecule has 0 aliphatic rings. The van der Waals surface area contributed by atoms with Crippen molar-refractivity contribution in [1.29, 1.82) is 0 Å². The highest BCUT2D eigenvalue weighted by Gasteiger charge is 2.24. The van der Waals surface area contributed by atoms with Gasteiger partial charge in [-0.1, -0.05) is 328 Å². The van der Waals surface area contributed by atoms with Gasteiger partial charge in [0.25, 0.3) is 0 Å². The second-order valence-electron chi connectivity index (χ2n) is 36.2. The lowest BCUT2D eigenvalue weighted by Crippen LogP contribution is -1.95. The Morgan fingerprint density at radius 2 is 0.362 bits per heavy atom. The molecular formula is C132H84N4S2. The van der Waals surface area contributed by atoms with Crippen LogP contribution in [0.2, 0.25) is 0 Å². The molecule has 4 nitrogen and oxygen atoms in total. The van der Waals surface area contributed by atoms with Crippen molar-refractivity contribution < 1.29 is 0 Å².